The van der Waals surface area contributed by atoms with Crippen molar-refractivity contribution in [3.63, 3.8) is 0 Å². The summed E-state index contributed by atoms with van der Waals surface area (Å²) < 4.78 is 0. The first-order chi connectivity index (χ1) is 6.75. The molecule has 78 valence electrons. The molecule has 0 aliphatic carbocycles. The predicted molar refractivity (Wildman–Crippen MR) is 61.6 cm³/mol. The Balaban J connectivity index is 1.88. The molecule has 0 aromatic carbocycles. The maximum atomic E-state index is 5.76. The first-order valence-electron chi connectivity index (χ1n) is 5.29. The number of hydrogen-bond donors (Lipinski definition) is 1. The molecule has 0 saturated carbocycles. The van der Waals surface area contributed by atoms with Crippen LogP contribution in [-0.4, -0.2) is 24.0 Å². The second-order valence-electron chi connectivity index (χ2n) is 4.16. The molecule has 2 rings (SSSR count). The number of thiophene rings is 1. The second-order valence-corrected chi connectivity index (χ2v) is 5.16. The van der Waals surface area contributed by atoms with Crippen molar-refractivity contribution in [2.24, 2.45) is 5.73 Å². The van der Waals surface area contributed by atoms with Crippen molar-refractivity contribution >= 4 is 11.3 Å². The van der Waals surface area contributed by atoms with Gasteiger partial charge in [-0.25, -0.2) is 0 Å². The molecule has 1 unspecified atom stereocenters. The zero-order chi connectivity index (χ0) is 9.97. The van der Waals surface area contributed by atoms with Crippen LogP contribution in [-0.2, 0) is 13.0 Å². The summed E-state index contributed by atoms with van der Waals surface area (Å²) in [6, 6.07) is 2.59. The van der Waals surface area contributed by atoms with Gasteiger partial charge in [-0.15, -0.1) is 11.3 Å². The lowest BCUT2D eigenvalue weighted by molar-refractivity contribution is 0.247. The first-order valence-corrected chi connectivity index (χ1v) is 6.17. The van der Waals surface area contributed by atoms with E-state index < -0.39 is 0 Å². The maximum absolute atomic E-state index is 5.76. The van der Waals surface area contributed by atoms with E-state index in [1.807, 2.05) is 11.3 Å². The fraction of sp³-hybridized carbons (Fsp3) is 0.636. The van der Waals surface area contributed by atoms with Crippen LogP contribution in [0, 0.1) is 0 Å². The van der Waals surface area contributed by atoms with Crippen molar-refractivity contribution in [2.45, 2.75) is 32.4 Å². The Morgan fingerprint density at radius 2 is 2.50 bits per heavy atom. The summed E-state index contributed by atoms with van der Waals surface area (Å²) in [7, 11) is 0. The SMILES string of the molecule is CC(N)CCN1CCc2sccc2C1. The minimum absolute atomic E-state index is 0.332. The normalized spacial score (nSPS) is 19.3. The molecular formula is C11H18N2S. The van der Waals surface area contributed by atoms with E-state index in [9.17, 15) is 0 Å². The molecule has 3 heteroatoms. The molecule has 1 aliphatic heterocycles. The first kappa shape index (κ1) is 10.1. The highest BCUT2D eigenvalue weighted by molar-refractivity contribution is 7.10. The quantitative estimate of drug-likeness (QED) is 0.825. The number of rotatable bonds is 3. The minimum Gasteiger partial charge on any atom is -0.328 e. The molecule has 1 atom stereocenters. The minimum atomic E-state index is 0.332. The van der Waals surface area contributed by atoms with Crippen LogP contribution in [0.5, 0.6) is 0 Å². The highest BCUT2D eigenvalue weighted by atomic mass is 32.1. The van der Waals surface area contributed by atoms with Gasteiger partial charge in [-0.3, -0.25) is 4.90 Å². The van der Waals surface area contributed by atoms with E-state index in [4.69, 9.17) is 5.73 Å². The largest absolute Gasteiger partial charge is 0.328 e. The summed E-state index contributed by atoms with van der Waals surface area (Å²) in [5.41, 5.74) is 7.29. The lowest BCUT2D eigenvalue weighted by atomic mass is 10.1. The zero-order valence-corrected chi connectivity index (χ0v) is 9.52. The highest BCUT2D eigenvalue weighted by Gasteiger charge is 2.16. The number of nitrogens with zero attached hydrogens (tertiary/aromatic N) is 1. The van der Waals surface area contributed by atoms with Crippen LogP contribution in [0.15, 0.2) is 11.4 Å². The standard InChI is InChI=1S/C11H18N2S/c1-9(12)2-5-13-6-3-11-10(8-13)4-7-14-11/h4,7,9H,2-3,5-6,8,12H2,1H3. The van der Waals surface area contributed by atoms with Gasteiger partial charge in [0.25, 0.3) is 0 Å². The Hall–Kier alpha value is -0.380. The molecule has 0 saturated heterocycles. The van der Waals surface area contributed by atoms with Gasteiger partial charge in [0.1, 0.15) is 0 Å². The smallest absolute Gasteiger partial charge is 0.0244 e. The summed E-state index contributed by atoms with van der Waals surface area (Å²) in [5, 5.41) is 2.21. The van der Waals surface area contributed by atoms with Crippen LogP contribution in [0.3, 0.4) is 0 Å². The Bertz CT molecular complexity index is 293. The molecule has 2 N–H and O–H groups in total. The molecule has 14 heavy (non-hydrogen) atoms. The Morgan fingerprint density at radius 3 is 3.29 bits per heavy atom. The van der Waals surface area contributed by atoms with Crippen LogP contribution in [0.1, 0.15) is 23.8 Å². The van der Waals surface area contributed by atoms with Crippen molar-refractivity contribution in [1.29, 1.82) is 0 Å². The van der Waals surface area contributed by atoms with Gasteiger partial charge < -0.3 is 5.73 Å². The highest BCUT2D eigenvalue weighted by Crippen LogP contribution is 2.23. The van der Waals surface area contributed by atoms with Gasteiger partial charge >= 0.3 is 0 Å². The van der Waals surface area contributed by atoms with Crippen molar-refractivity contribution in [1.82, 2.24) is 4.90 Å². The molecule has 1 aliphatic rings. The van der Waals surface area contributed by atoms with Crippen molar-refractivity contribution in [3.05, 3.63) is 21.9 Å². The molecule has 0 fully saturated rings. The summed E-state index contributed by atoms with van der Waals surface area (Å²) in [6.45, 7) is 5.57. The topological polar surface area (TPSA) is 29.3 Å². The zero-order valence-electron chi connectivity index (χ0n) is 8.70. The van der Waals surface area contributed by atoms with Crippen LogP contribution >= 0.6 is 11.3 Å². The van der Waals surface area contributed by atoms with E-state index in [1.165, 1.54) is 18.5 Å². The molecule has 0 bridgehead atoms. The van der Waals surface area contributed by atoms with Gasteiger partial charge in [0, 0.05) is 24.0 Å². The average molecular weight is 210 g/mol. The fourth-order valence-electron chi connectivity index (χ4n) is 1.88. The Labute approximate surface area is 89.7 Å². The third kappa shape index (κ3) is 2.35. The van der Waals surface area contributed by atoms with E-state index in [0.29, 0.717) is 6.04 Å². The second kappa shape index (κ2) is 4.43. The Morgan fingerprint density at radius 1 is 1.64 bits per heavy atom. The summed E-state index contributed by atoms with van der Waals surface area (Å²) >= 11 is 1.90. The van der Waals surface area contributed by atoms with Crippen LogP contribution < -0.4 is 5.73 Å². The molecule has 1 aromatic rings. The molecular weight excluding hydrogens is 192 g/mol. The monoisotopic (exact) mass is 210 g/mol. The molecule has 0 amide bonds. The van der Waals surface area contributed by atoms with Gasteiger partial charge in [-0.1, -0.05) is 0 Å². The third-order valence-corrected chi connectivity index (χ3v) is 3.81. The van der Waals surface area contributed by atoms with Crippen LogP contribution in [0.25, 0.3) is 0 Å². The third-order valence-electron chi connectivity index (χ3n) is 2.79. The van der Waals surface area contributed by atoms with E-state index in [0.717, 1.165) is 19.5 Å². The van der Waals surface area contributed by atoms with Gasteiger partial charge in [-0.05, 0) is 43.3 Å². The van der Waals surface area contributed by atoms with E-state index in [1.54, 1.807) is 4.88 Å². The Kier molecular flexibility index (Phi) is 3.21. The van der Waals surface area contributed by atoms with Gasteiger partial charge in [0.05, 0.1) is 0 Å². The summed E-state index contributed by atoms with van der Waals surface area (Å²) in [6.07, 6.45) is 2.34. The van der Waals surface area contributed by atoms with Crippen molar-refractivity contribution in [2.75, 3.05) is 13.1 Å². The average Bonchev–Trinajstić information content (AvgIpc) is 2.61. The van der Waals surface area contributed by atoms with E-state index in [-0.39, 0.29) is 0 Å². The molecule has 1 aromatic heterocycles. The fourth-order valence-corrected chi connectivity index (χ4v) is 2.77. The summed E-state index contributed by atoms with van der Waals surface area (Å²) in [5.74, 6) is 0. The lowest BCUT2D eigenvalue weighted by Crippen LogP contribution is -2.33. The maximum Gasteiger partial charge on any atom is 0.0244 e. The number of hydrogen-bond acceptors (Lipinski definition) is 3. The van der Waals surface area contributed by atoms with Gasteiger partial charge in [0.15, 0.2) is 0 Å². The molecule has 2 nitrogen and oxygen atoms in total. The number of fused-ring (bicyclic) bond motifs is 1. The van der Waals surface area contributed by atoms with E-state index >= 15 is 0 Å². The molecule has 0 spiro atoms. The molecule has 2 heterocycles. The van der Waals surface area contributed by atoms with Gasteiger partial charge in [0.2, 0.25) is 0 Å². The van der Waals surface area contributed by atoms with Crippen molar-refractivity contribution < 1.29 is 0 Å². The predicted octanol–water partition coefficient (Wildman–Crippen LogP) is 1.84. The molecule has 0 radical (unpaired) electrons. The number of nitrogens with two attached hydrogens (primary N) is 1. The van der Waals surface area contributed by atoms with E-state index in [2.05, 4.69) is 23.3 Å². The van der Waals surface area contributed by atoms with Crippen LogP contribution in [0.2, 0.25) is 0 Å². The van der Waals surface area contributed by atoms with Gasteiger partial charge in [-0.2, -0.15) is 0 Å². The lowest BCUT2D eigenvalue weighted by Gasteiger charge is -2.27. The summed E-state index contributed by atoms with van der Waals surface area (Å²) in [4.78, 5) is 4.10. The van der Waals surface area contributed by atoms with Crippen LogP contribution in [0.4, 0.5) is 0 Å². The van der Waals surface area contributed by atoms with Crippen molar-refractivity contribution in [3.8, 4) is 0 Å².